The van der Waals surface area contributed by atoms with E-state index >= 15 is 0 Å². The molecule has 6 aliphatic heterocycles. The molecule has 2 aromatic carbocycles. The molecular weight excluding hydrogens is 775 g/mol. The number of nitrogens with zero attached hydrogens (tertiary/aromatic N) is 7. The Bertz CT molecular complexity index is 2330. The normalized spacial score (nSPS) is 23.3. The van der Waals surface area contributed by atoms with Crippen LogP contribution in [0, 0.1) is 12.8 Å². The number of piperidine rings is 2. The minimum Gasteiger partial charge on any atom is -0.444 e. The quantitative estimate of drug-likeness (QED) is 0.201. The topological polar surface area (TPSA) is 140 Å². The van der Waals surface area contributed by atoms with Gasteiger partial charge in [0, 0.05) is 75.5 Å². The number of para-hydroxylation sites is 1. The first-order chi connectivity index (χ1) is 29.6. The van der Waals surface area contributed by atoms with Gasteiger partial charge in [0.2, 0.25) is 11.8 Å². The Morgan fingerprint density at radius 1 is 0.754 bits per heavy atom. The van der Waals surface area contributed by atoms with Gasteiger partial charge in [0.25, 0.3) is 5.56 Å². The number of carbonyl (C=O) groups is 4. The fourth-order valence-electron chi connectivity index (χ4n) is 9.80. The number of aryl methyl sites for hydroxylation is 1. The summed E-state index contributed by atoms with van der Waals surface area (Å²) in [4.78, 5) is 77.0. The van der Waals surface area contributed by atoms with E-state index in [9.17, 15) is 24.0 Å². The van der Waals surface area contributed by atoms with E-state index in [4.69, 9.17) is 9.47 Å². The maximum atomic E-state index is 14.5. The molecular formula is C47H59N7O7. The van der Waals surface area contributed by atoms with E-state index in [1.165, 1.54) is 4.57 Å². The standard InChI is InChI=1S/C47H59N7O7/c1-33-25-34-26-37(46(58)52-23-21-50(22-24-52)39-15-17-49(2)18-16-39)29-42(55)51-19-13-35(14-20-51)40-28-36-9-7-8-10-41(36)53(47(40)59)31-60-43(56)11-5-3-4-6-12-44(57)61-32-54-45(33)38(27-34)30-48-54/h3-4,7-10,25,27-28,30,35,37,39H,5-6,11-24,26,29,31-32H2,1-2H3/b4-3+/t37-/m0/s1. The molecule has 61 heavy (non-hydrogen) atoms. The number of benzene rings is 2. The van der Waals surface area contributed by atoms with E-state index in [-0.39, 0.29) is 62.0 Å². The zero-order valence-electron chi connectivity index (χ0n) is 35.6. The van der Waals surface area contributed by atoms with Gasteiger partial charge in [0.15, 0.2) is 13.5 Å². The Morgan fingerprint density at radius 3 is 2.16 bits per heavy atom. The minimum atomic E-state index is -0.552. The number of pyridine rings is 1. The summed E-state index contributed by atoms with van der Waals surface area (Å²) >= 11 is 0. The number of piperazine rings is 1. The lowest BCUT2D eigenvalue weighted by molar-refractivity contribution is -0.148. The first kappa shape index (κ1) is 42.4. The summed E-state index contributed by atoms with van der Waals surface area (Å²) in [5.74, 6) is -1.46. The number of fused-ring (bicyclic) bond motifs is 2. The summed E-state index contributed by atoms with van der Waals surface area (Å²) in [6, 6.07) is 14.2. The van der Waals surface area contributed by atoms with Gasteiger partial charge in [-0.05, 0) is 113 Å². The fourth-order valence-corrected chi connectivity index (χ4v) is 9.80. The van der Waals surface area contributed by atoms with E-state index in [0.29, 0.717) is 75.4 Å². The van der Waals surface area contributed by atoms with Crippen LogP contribution in [0.3, 0.4) is 0 Å². The Kier molecular flexibility index (Phi) is 13.3. The zero-order valence-corrected chi connectivity index (χ0v) is 35.6. The molecule has 0 radical (unpaired) electrons. The highest BCUT2D eigenvalue weighted by Crippen LogP contribution is 2.31. The van der Waals surface area contributed by atoms with Gasteiger partial charge in [-0.1, -0.05) is 36.4 Å². The van der Waals surface area contributed by atoms with Crippen molar-refractivity contribution in [2.75, 3.05) is 59.4 Å². The van der Waals surface area contributed by atoms with Crippen LogP contribution in [0.5, 0.6) is 0 Å². The van der Waals surface area contributed by atoms with E-state index < -0.39 is 11.9 Å². The molecule has 2 aromatic heterocycles. The second-order valence-corrected chi connectivity index (χ2v) is 17.4. The largest absolute Gasteiger partial charge is 0.444 e. The number of amides is 2. The first-order valence-corrected chi connectivity index (χ1v) is 22.1. The van der Waals surface area contributed by atoms with Gasteiger partial charge in [-0.25, -0.2) is 4.68 Å². The molecule has 8 bridgehead atoms. The van der Waals surface area contributed by atoms with Crippen molar-refractivity contribution in [3.8, 4) is 0 Å². The van der Waals surface area contributed by atoms with Crippen LogP contribution in [0.15, 0.2) is 65.6 Å². The Morgan fingerprint density at radius 2 is 1.44 bits per heavy atom. The smallest absolute Gasteiger partial charge is 0.307 e. The van der Waals surface area contributed by atoms with E-state index in [1.54, 1.807) is 10.9 Å². The van der Waals surface area contributed by atoms with Crippen molar-refractivity contribution in [3.05, 3.63) is 87.9 Å². The summed E-state index contributed by atoms with van der Waals surface area (Å²) in [7, 11) is 2.17. The molecule has 10 rings (SSSR count). The van der Waals surface area contributed by atoms with Crippen molar-refractivity contribution in [3.63, 3.8) is 0 Å². The van der Waals surface area contributed by atoms with Gasteiger partial charge in [0.1, 0.15) is 0 Å². The highest BCUT2D eigenvalue weighted by Gasteiger charge is 2.34. The van der Waals surface area contributed by atoms with Crippen molar-refractivity contribution >= 4 is 45.6 Å². The van der Waals surface area contributed by atoms with E-state index in [0.717, 1.165) is 66.4 Å². The molecule has 1 atom stereocenters. The molecule has 4 aromatic rings. The van der Waals surface area contributed by atoms with Crippen LogP contribution in [-0.2, 0) is 48.5 Å². The molecule has 2 amide bonds. The maximum absolute atomic E-state index is 14.5. The summed E-state index contributed by atoms with van der Waals surface area (Å²) in [5.41, 5.74) is 3.88. The van der Waals surface area contributed by atoms with Crippen LogP contribution in [0.1, 0.15) is 80.4 Å². The third-order valence-electron chi connectivity index (χ3n) is 13.3. The van der Waals surface area contributed by atoms with E-state index in [2.05, 4.69) is 28.0 Å². The lowest BCUT2D eigenvalue weighted by atomic mass is 9.88. The number of hydrogen-bond acceptors (Lipinski definition) is 10. The molecule has 0 unspecified atom stereocenters. The summed E-state index contributed by atoms with van der Waals surface area (Å²) in [5, 5.41) is 6.28. The average molecular weight is 834 g/mol. The molecule has 6 aliphatic rings. The number of allylic oxidation sites excluding steroid dienone is 2. The van der Waals surface area contributed by atoms with Crippen LogP contribution < -0.4 is 5.56 Å². The van der Waals surface area contributed by atoms with Crippen molar-refractivity contribution in [1.82, 2.24) is 33.9 Å². The molecule has 14 heteroatoms. The number of likely N-dealkylation sites (tertiary alicyclic amines) is 1. The maximum Gasteiger partial charge on any atom is 0.307 e. The molecule has 324 valence electrons. The number of carbonyl (C=O) groups excluding carboxylic acids is 4. The molecule has 3 saturated heterocycles. The molecule has 0 N–H and O–H groups in total. The molecule has 8 heterocycles. The molecule has 14 nitrogen and oxygen atoms in total. The van der Waals surface area contributed by atoms with Gasteiger partial charge >= 0.3 is 11.9 Å². The van der Waals surface area contributed by atoms with Crippen molar-refractivity contribution in [2.24, 2.45) is 5.92 Å². The number of ether oxygens (including phenoxy) is 2. The van der Waals surface area contributed by atoms with Gasteiger partial charge in [-0.15, -0.1) is 0 Å². The summed E-state index contributed by atoms with van der Waals surface area (Å²) in [6.07, 6.45) is 10.7. The van der Waals surface area contributed by atoms with Crippen molar-refractivity contribution in [1.29, 1.82) is 0 Å². The SMILES string of the molecule is Cc1cc2cc3cnn(c13)COC(=O)CC/C=C/CCC(=O)OCn1c(=O)c(cc3ccccc31)C1CCN(CC1)C(=O)C[C@@H](C(=O)N1CCN(C3CCN(C)CC3)CC1)C2. The Hall–Kier alpha value is -5.34. The van der Waals surface area contributed by atoms with Gasteiger partial charge < -0.3 is 24.2 Å². The number of hydrogen-bond donors (Lipinski definition) is 0. The minimum absolute atomic E-state index is 0.0125. The Balaban J connectivity index is 1.04. The van der Waals surface area contributed by atoms with Gasteiger partial charge in [-0.2, -0.15) is 5.10 Å². The second kappa shape index (κ2) is 19.1. The number of aromatic nitrogens is 3. The van der Waals surface area contributed by atoms with Crippen LogP contribution >= 0.6 is 0 Å². The Labute approximate surface area is 357 Å². The lowest BCUT2D eigenvalue weighted by Gasteiger charge is -2.43. The summed E-state index contributed by atoms with van der Waals surface area (Å²) < 4.78 is 14.4. The van der Waals surface area contributed by atoms with Crippen LogP contribution in [-0.4, -0.2) is 123 Å². The third-order valence-corrected chi connectivity index (χ3v) is 13.3. The second-order valence-electron chi connectivity index (χ2n) is 17.4. The molecule has 3 fully saturated rings. The predicted octanol–water partition coefficient (Wildman–Crippen LogP) is 4.98. The number of rotatable bonds is 2. The molecule has 0 aliphatic carbocycles. The van der Waals surface area contributed by atoms with Gasteiger partial charge in [0.05, 0.1) is 23.1 Å². The predicted molar refractivity (Wildman–Crippen MR) is 232 cm³/mol. The highest BCUT2D eigenvalue weighted by molar-refractivity contribution is 5.87. The monoisotopic (exact) mass is 833 g/mol. The molecule has 0 spiro atoms. The van der Waals surface area contributed by atoms with Crippen LogP contribution in [0.4, 0.5) is 0 Å². The van der Waals surface area contributed by atoms with E-state index in [1.807, 2.05) is 65.3 Å². The van der Waals surface area contributed by atoms with Crippen LogP contribution in [0.2, 0.25) is 0 Å². The first-order valence-electron chi connectivity index (χ1n) is 22.1. The fraction of sp³-hybridized carbons (Fsp3) is 0.532. The number of esters is 2. The van der Waals surface area contributed by atoms with Crippen molar-refractivity contribution in [2.45, 2.75) is 96.6 Å². The van der Waals surface area contributed by atoms with Crippen LogP contribution in [0.25, 0.3) is 21.8 Å². The average Bonchev–Trinajstić information content (AvgIpc) is 3.69. The third kappa shape index (κ3) is 9.91. The summed E-state index contributed by atoms with van der Waals surface area (Å²) in [6.45, 7) is 7.84. The highest BCUT2D eigenvalue weighted by atomic mass is 16.5. The van der Waals surface area contributed by atoms with Crippen molar-refractivity contribution < 1.29 is 28.7 Å². The molecule has 0 saturated carbocycles. The van der Waals surface area contributed by atoms with Gasteiger partial charge in [-0.3, -0.25) is 33.4 Å². The lowest BCUT2D eigenvalue weighted by Crippen LogP contribution is -2.55. The zero-order chi connectivity index (χ0) is 42.5.